The molecule has 0 radical (unpaired) electrons. The minimum atomic E-state index is -0.224. The molecule has 0 atom stereocenters. The van der Waals surface area contributed by atoms with Crippen LogP contribution in [-0.4, -0.2) is 17.6 Å². The van der Waals surface area contributed by atoms with Gasteiger partial charge in [-0.1, -0.05) is 41.6 Å². The highest BCUT2D eigenvalue weighted by Gasteiger charge is 2.08. The summed E-state index contributed by atoms with van der Waals surface area (Å²) in [6, 6.07) is 14.1. The average molecular weight is 300 g/mol. The van der Waals surface area contributed by atoms with Gasteiger partial charge in [-0.25, -0.2) is 0 Å². The fraction of sp³-hybridized carbons (Fsp3) is 0.118. The predicted molar refractivity (Wildman–Crippen MR) is 84.4 cm³/mol. The van der Waals surface area contributed by atoms with Gasteiger partial charge in [0.2, 0.25) is 0 Å². The van der Waals surface area contributed by atoms with Gasteiger partial charge in [0.05, 0.1) is 17.3 Å². The van der Waals surface area contributed by atoms with Crippen molar-refractivity contribution in [2.24, 2.45) is 0 Å². The molecule has 3 nitrogen and oxygen atoms in total. The summed E-state index contributed by atoms with van der Waals surface area (Å²) < 4.78 is 0. The van der Waals surface area contributed by atoms with Gasteiger partial charge in [0, 0.05) is 17.5 Å². The van der Waals surface area contributed by atoms with Crippen molar-refractivity contribution in [2.75, 3.05) is 11.9 Å². The number of aliphatic hydroxyl groups is 1. The second-order valence-electron chi connectivity index (χ2n) is 4.29. The molecule has 0 aliphatic carbocycles. The first-order chi connectivity index (χ1) is 10.2. The normalized spacial score (nSPS) is 9.62. The van der Waals surface area contributed by atoms with Gasteiger partial charge >= 0.3 is 0 Å². The molecule has 0 unspecified atom stereocenters. The van der Waals surface area contributed by atoms with E-state index in [1.54, 1.807) is 42.5 Å². The van der Waals surface area contributed by atoms with E-state index in [1.807, 2.05) is 6.07 Å². The molecule has 0 bridgehead atoms. The van der Waals surface area contributed by atoms with Crippen molar-refractivity contribution in [3.8, 4) is 11.8 Å². The minimum absolute atomic E-state index is 0.0260. The maximum absolute atomic E-state index is 12.1. The molecule has 0 fully saturated rings. The van der Waals surface area contributed by atoms with Gasteiger partial charge in [-0.15, -0.1) is 0 Å². The quantitative estimate of drug-likeness (QED) is 0.854. The highest BCUT2D eigenvalue weighted by molar-refractivity contribution is 6.34. The van der Waals surface area contributed by atoms with Crippen molar-refractivity contribution in [3.05, 3.63) is 64.7 Å². The Kier molecular flexibility index (Phi) is 5.39. The van der Waals surface area contributed by atoms with Gasteiger partial charge in [0.25, 0.3) is 5.91 Å². The Morgan fingerprint density at radius 2 is 1.95 bits per heavy atom. The SMILES string of the molecule is O=C(Nc1cc(C#CCCO)ccc1Cl)c1ccccc1. The summed E-state index contributed by atoms with van der Waals surface area (Å²) in [4.78, 5) is 12.1. The average Bonchev–Trinajstić information content (AvgIpc) is 2.51. The molecule has 0 saturated carbocycles. The Morgan fingerprint density at radius 1 is 1.19 bits per heavy atom. The fourth-order valence-electron chi connectivity index (χ4n) is 1.70. The third-order valence-electron chi connectivity index (χ3n) is 2.72. The zero-order valence-electron chi connectivity index (χ0n) is 11.3. The highest BCUT2D eigenvalue weighted by atomic mass is 35.5. The van der Waals surface area contributed by atoms with E-state index in [0.717, 1.165) is 5.56 Å². The van der Waals surface area contributed by atoms with Crippen molar-refractivity contribution < 1.29 is 9.90 Å². The van der Waals surface area contributed by atoms with Crippen LogP contribution in [0.1, 0.15) is 22.3 Å². The minimum Gasteiger partial charge on any atom is -0.395 e. The summed E-state index contributed by atoms with van der Waals surface area (Å²) in [6.07, 6.45) is 0.411. The molecule has 2 rings (SSSR count). The van der Waals surface area contributed by atoms with Crippen LogP contribution < -0.4 is 5.32 Å². The zero-order valence-corrected chi connectivity index (χ0v) is 12.0. The molecule has 4 heteroatoms. The van der Waals surface area contributed by atoms with E-state index in [2.05, 4.69) is 17.2 Å². The molecule has 0 saturated heterocycles. The van der Waals surface area contributed by atoms with E-state index in [-0.39, 0.29) is 12.5 Å². The van der Waals surface area contributed by atoms with Gasteiger partial charge in [0.15, 0.2) is 0 Å². The maximum Gasteiger partial charge on any atom is 0.255 e. The van der Waals surface area contributed by atoms with Gasteiger partial charge < -0.3 is 10.4 Å². The number of hydrogen-bond acceptors (Lipinski definition) is 2. The summed E-state index contributed by atoms with van der Waals surface area (Å²) in [5, 5.41) is 11.9. The van der Waals surface area contributed by atoms with Crippen LogP contribution in [0.2, 0.25) is 5.02 Å². The Hall–Kier alpha value is -2.28. The number of carbonyl (C=O) groups is 1. The lowest BCUT2D eigenvalue weighted by Crippen LogP contribution is -2.12. The second-order valence-corrected chi connectivity index (χ2v) is 4.70. The van der Waals surface area contributed by atoms with Crippen LogP contribution in [0.25, 0.3) is 0 Å². The van der Waals surface area contributed by atoms with Gasteiger partial charge in [-0.3, -0.25) is 4.79 Å². The van der Waals surface area contributed by atoms with Crippen molar-refractivity contribution in [1.82, 2.24) is 0 Å². The maximum atomic E-state index is 12.1. The Bertz CT molecular complexity index is 687. The van der Waals surface area contributed by atoms with E-state index < -0.39 is 0 Å². The van der Waals surface area contributed by atoms with E-state index in [1.165, 1.54) is 0 Å². The molecule has 1 amide bonds. The molecule has 0 spiro atoms. The number of rotatable bonds is 3. The first kappa shape index (κ1) is 15.1. The van der Waals surface area contributed by atoms with E-state index in [4.69, 9.17) is 16.7 Å². The third-order valence-corrected chi connectivity index (χ3v) is 3.05. The molecule has 2 aromatic carbocycles. The lowest BCUT2D eigenvalue weighted by Gasteiger charge is -2.07. The standard InChI is InChI=1S/C17H14ClNO2/c18-15-10-9-13(6-4-5-11-20)12-16(15)19-17(21)14-7-2-1-3-8-14/h1-3,7-10,12,20H,5,11H2,(H,19,21). The van der Waals surface area contributed by atoms with E-state index >= 15 is 0 Å². The van der Waals surface area contributed by atoms with Crippen LogP contribution in [0.5, 0.6) is 0 Å². The number of anilines is 1. The van der Waals surface area contributed by atoms with Gasteiger partial charge in [0.1, 0.15) is 0 Å². The smallest absolute Gasteiger partial charge is 0.255 e. The molecule has 106 valence electrons. The van der Waals surface area contributed by atoms with Crippen molar-refractivity contribution in [2.45, 2.75) is 6.42 Å². The number of carbonyl (C=O) groups excluding carboxylic acids is 1. The summed E-state index contributed by atoms with van der Waals surface area (Å²) in [5.74, 6) is 5.51. The molecule has 21 heavy (non-hydrogen) atoms. The lowest BCUT2D eigenvalue weighted by molar-refractivity contribution is 0.102. The Labute approximate surface area is 128 Å². The number of halogens is 1. The van der Waals surface area contributed by atoms with Crippen LogP contribution in [0.15, 0.2) is 48.5 Å². The van der Waals surface area contributed by atoms with Crippen molar-refractivity contribution in [3.63, 3.8) is 0 Å². The Morgan fingerprint density at radius 3 is 2.67 bits per heavy atom. The first-order valence-electron chi connectivity index (χ1n) is 6.46. The number of aliphatic hydroxyl groups excluding tert-OH is 1. The van der Waals surface area contributed by atoms with Crippen molar-refractivity contribution >= 4 is 23.2 Å². The zero-order chi connectivity index (χ0) is 15.1. The summed E-state index contributed by atoms with van der Waals surface area (Å²) in [6.45, 7) is 0.0260. The molecule has 0 aromatic heterocycles. The molecule has 0 heterocycles. The summed E-state index contributed by atoms with van der Waals surface area (Å²) in [7, 11) is 0. The number of hydrogen-bond donors (Lipinski definition) is 2. The topological polar surface area (TPSA) is 49.3 Å². The van der Waals surface area contributed by atoms with Crippen LogP contribution in [-0.2, 0) is 0 Å². The molecule has 2 N–H and O–H groups in total. The third kappa shape index (κ3) is 4.35. The van der Waals surface area contributed by atoms with Crippen LogP contribution in [0, 0.1) is 11.8 Å². The number of benzene rings is 2. The molecule has 2 aromatic rings. The van der Waals surface area contributed by atoms with Crippen molar-refractivity contribution in [1.29, 1.82) is 0 Å². The number of nitrogens with one attached hydrogen (secondary N) is 1. The van der Waals surface area contributed by atoms with Gasteiger partial charge in [-0.2, -0.15) is 0 Å². The Balaban J connectivity index is 2.18. The molecular weight excluding hydrogens is 286 g/mol. The number of amides is 1. The van der Waals surface area contributed by atoms with Crippen LogP contribution in [0.4, 0.5) is 5.69 Å². The summed E-state index contributed by atoms with van der Waals surface area (Å²) >= 11 is 6.09. The second kappa shape index (κ2) is 7.49. The predicted octanol–water partition coefficient (Wildman–Crippen LogP) is 3.33. The molecule has 0 aliphatic heterocycles. The molecular formula is C17H14ClNO2. The molecule has 0 aliphatic rings. The van der Waals surface area contributed by atoms with Crippen LogP contribution >= 0.6 is 11.6 Å². The first-order valence-corrected chi connectivity index (χ1v) is 6.84. The lowest BCUT2D eigenvalue weighted by atomic mass is 10.1. The van der Waals surface area contributed by atoms with E-state index in [0.29, 0.717) is 22.7 Å². The fourth-order valence-corrected chi connectivity index (χ4v) is 1.87. The van der Waals surface area contributed by atoms with E-state index in [9.17, 15) is 4.79 Å². The van der Waals surface area contributed by atoms with Crippen LogP contribution in [0.3, 0.4) is 0 Å². The van der Waals surface area contributed by atoms with Gasteiger partial charge in [-0.05, 0) is 30.3 Å². The largest absolute Gasteiger partial charge is 0.395 e. The monoisotopic (exact) mass is 299 g/mol. The summed E-state index contributed by atoms with van der Waals surface area (Å²) in [5.41, 5.74) is 1.81. The highest BCUT2D eigenvalue weighted by Crippen LogP contribution is 2.23.